The molecule has 1 fully saturated rings. The lowest BCUT2D eigenvalue weighted by Crippen LogP contribution is -2.48. The highest BCUT2D eigenvalue weighted by molar-refractivity contribution is 7.12. The van der Waals surface area contributed by atoms with Crippen molar-refractivity contribution >= 4 is 40.4 Å². The number of piperazine rings is 1. The summed E-state index contributed by atoms with van der Waals surface area (Å²) in [6.45, 7) is 4.27. The number of carbonyl (C=O) groups excluding carboxylic acids is 1. The van der Waals surface area contributed by atoms with Gasteiger partial charge in [-0.15, -0.1) is 11.3 Å². The zero-order valence-corrected chi connectivity index (χ0v) is 18.7. The van der Waals surface area contributed by atoms with E-state index in [9.17, 15) is 4.79 Å². The number of halogens is 2. The SMILES string of the molecule is O=C(c1cc(COc2ccccc2)cs1)N1CCN(Cc2ccc(Cl)cc2Cl)CC1. The van der Waals surface area contributed by atoms with Gasteiger partial charge in [-0.1, -0.05) is 47.5 Å². The first-order valence-corrected chi connectivity index (χ1v) is 11.4. The first-order chi connectivity index (χ1) is 14.6. The first-order valence-electron chi connectivity index (χ1n) is 9.79. The van der Waals surface area contributed by atoms with Gasteiger partial charge in [-0.25, -0.2) is 0 Å². The largest absolute Gasteiger partial charge is 0.489 e. The predicted octanol–water partition coefficient (Wildman–Crippen LogP) is 5.59. The van der Waals surface area contributed by atoms with Crippen LogP contribution in [0, 0.1) is 0 Å². The van der Waals surface area contributed by atoms with Crippen LogP contribution in [0.4, 0.5) is 0 Å². The fourth-order valence-corrected chi connectivity index (χ4v) is 4.73. The fourth-order valence-electron chi connectivity index (χ4n) is 3.40. The van der Waals surface area contributed by atoms with E-state index in [-0.39, 0.29) is 5.91 Å². The Morgan fingerprint density at radius 2 is 1.77 bits per heavy atom. The van der Waals surface area contributed by atoms with Crippen LogP contribution in [0.5, 0.6) is 5.75 Å². The van der Waals surface area contributed by atoms with Gasteiger partial charge in [0.15, 0.2) is 0 Å². The number of hydrogen-bond acceptors (Lipinski definition) is 4. The van der Waals surface area contributed by atoms with Crippen molar-refractivity contribution in [2.45, 2.75) is 13.2 Å². The number of thiophene rings is 1. The molecular weight excluding hydrogens is 439 g/mol. The molecule has 0 atom stereocenters. The molecule has 2 aromatic carbocycles. The van der Waals surface area contributed by atoms with Gasteiger partial charge >= 0.3 is 0 Å². The van der Waals surface area contributed by atoms with Crippen LogP contribution in [0.25, 0.3) is 0 Å². The topological polar surface area (TPSA) is 32.8 Å². The Balaban J connectivity index is 1.28. The summed E-state index contributed by atoms with van der Waals surface area (Å²) >= 11 is 13.7. The average Bonchev–Trinajstić information content (AvgIpc) is 3.24. The summed E-state index contributed by atoms with van der Waals surface area (Å²) in [6, 6.07) is 17.2. The lowest BCUT2D eigenvalue weighted by atomic mass is 10.2. The van der Waals surface area contributed by atoms with Gasteiger partial charge in [-0.3, -0.25) is 9.69 Å². The second-order valence-electron chi connectivity index (χ2n) is 7.23. The highest BCUT2D eigenvalue weighted by Crippen LogP contribution is 2.24. The Kier molecular flexibility index (Phi) is 6.95. The van der Waals surface area contributed by atoms with Crippen LogP contribution in [0.15, 0.2) is 60.0 Å². The summed E-state index contributed by atoms with van der Waals surface area (Å²) in [7, 11) is 0. The van der Waals surface area contributed by atoms with E-state index in [0.717, 1.165) is 41.4 Å². The molecule has 0 aliphatic carbocycles. The molecule has 1 aromatic heterocycles. The van der Waals surface area contributed by atoms with Crippen LogP contribution in [0.1, 0.15) is 20.8 Å². The van der Waals surface area contributed by atoms with Gasteiger partial charge in [0.25, 0.3) is 5.91 Å². The lowest BCUT2D eigenvalue weighted by molar-refractivity contribution is 0.0633. The molecule has 0 radical (unpaired) electrons. The highest BCUT2D eigenvalue weighted by atomic mass is 35.5. The summed E-state index contributed by atoms with van der Waals surface area (Å²) < 4.78 is 5.77. The lowest BCUT2D eigenvalue weighted by Gasteiger charge is -2.34. The average molecular weight is 461 g/mol. The predicted molar refractivity (Wildman–Crippen MR) is 123 cm³/mol. The molecule has 0 unspecified atom stereocenters. The van der Waals surface area contributed by atoms with Crippen molar-refractivity contribution < 1.29 is 9.53 Å². The molecule has 3 aromatic rings. The summed E-state index contributed by atoms with van der Waals surface area (Å²) in [5, 5.41) is 3.32. The molecule has 7 heteroatoms. The molecular formula is C23H22Cl2N2O2S. The van der Waals surface area contributed by atoms with Crippen molar-refractivity contribution in [2.24, 2.45) is 0 Å². The van der Waals surface area contributed by atoms with E-state index in [2.05, 4.69) is 4.90 Å². The smallest absolute Gasteiger partial charge is 0.264 e. The number of benzene rings is 2. The summed E-state index contributed by atoms with van der Waals surface area (Å²) in [4.78, 5) is 17.9. The number of rotatable bonds is 6. The number of para-hydroxylation sites is 1. The second kappa shape index (κ2) is 9.84. The molecule has 1 amide bonds. The van der Waals surface area contributed by atoms with Crippen LogP contribution in [-0.4, -0.2) is 41.9 Å². The third kappa shape index (κ3) is 5.35. The zero-order valence-electron chi connectivity index (χ0n) is 16.4. The highest BCUT2D eigenvalue weighted by Gasteiger charge is 2.23. The van der Waals surface area contributed by atoms with Crippen molar-refractivity contribution in [1.29, 1.82) is 0 Å². The van der Waals surface area contributed by atoms with Crippen molar-refractivity contribution in [2.75, 3.05) is 26.2 Å². The van der Waals surface area contributed by atoms with E-state index in [1.54, 1.807) is 6.07 Å². The van der Waals surface area contributed by atoms with Crippen LogP contribution in [0.3, 0.4) is 0 Å². The third-order valence-electron chi connectivity index (χ3n) is 5.08. The molecule has 0 spiro atoms. The third-order valence-corrected chi connectivity index (χ3v) is 6.64. The van der Waals surface area contributed by atoms with Crippen molar-refractivity contribution in [3.05, 3.63) is 86.0 Å². The molecule has 0 saturated carbocycles. The number of carbonyl (C=O) groups is 1. The van der Waals surface area contributed by atoms with E-state index >= 15 is 0 Å². The van der Waals surface area contributed by atoms with Crippen LogP contribution >= 0.6 is 34.5 Å². The van der Waals surface area contributed by atoms with Crippen LogP contribution in [-0.2, 0) is 13.2 Å². The molecule has 2 heterocycles. The van der Waals surface area contributed by atoms with Gasteiger partial charge in [0.2, 0.25) is 0 Å². The van der Waals surface area contributed by atoms with E-state index in [1.807, 2.05) is 58.8 Å². The van der Waals surface area contributed by atoms with Gasteiger partial charge in [0.1, 0.15) is 12.4 Å². The van der Waals surface area contributed by atoms with Crippen LogP contribution < -0.4 is 4.74 Å². The van der Waals surface area contributed by atoms with Crippen LogP contribution in [0.2, 0.25) is 10.0 Å². The monoisotopic (exact) mass is 460 g/mol. The van der Waals surface area contributed by atoms with E-state index in [1.165, 1.54) is 11.3 Å². The molecule has 4 rings (SSSR count). The number of ether oxygens (including phenoxy) is 1. The maximum Gasteiger partial charge on any atom is 0.264 e. The van der Waals surface area contributed by atoms with Gasteiger partial charge in [0.05, 0.1) is 4.88 Å². The molecule has 0 N–H and O–H groups in total. The van der Waals surface area contributed by atoms with Crippen molar-refractivity contribution in [3.63, 3.8) is 0 Å². The number of hydrogen-bond donors (Lipinski definition) is 0. The maximum absolute atomic E-state index is 12.9. The molecule has 4 nitrogen and oxygen atoms in total. The minimum Gasteiger partial charge on any atom is -0.489 e. The van der Waals surface area contributed by atoms with Gasteiger partial charge < -0.3 is 9.64 Å². The fraction of sp³-hybridized carbons (Fsp3) is 0.261. The van der Waals surface area contributed by atoms with E-state index < -0.39 is 0 Å². The number of nitrogens with zero attached hydrogens (tertiary/aromatic N) is 2. The Bertz CT molecular complexity index is 1000. The second-order valence-corrected chi connectivity index (χ2v) is 8.98. The van der Waals surface area contributed by atoms with Crippen molar-refractivity contribution in [3.8, 4) is 5.75 Å². The van der Waals surface area contributed by atoms with Crippen molar-refractivity contribution in [1.82, 2.24) is 9.80 Å². The van der Waals surface area contributed by atoms with E-state index in [0.29, 0.717) is 29.7 Å². The Morgan fingerprint density at radius 3 is 2.50 bits per heavy atom. The molecule has 156 valence electrons. The molecule has 1 saturated heterocycles. The first kappa shape index (κ1) is 21.2. The Labute approximate surface area is 190 Å². The standard InChI is InChI=1S/C23H22Cl2N2O2S/c24-19-7-6-18(21(25)13-19)14-26-8-10-27(11-9-26)23(28)22-12-17(16-30-22)15-29-20-4-2-1-3-5-20/h1-7,12-13,16H,8-11,14-15H2. The summed E-state index contributed by atoms with van der Waals surface area (Å²) in [5.74, 6) is 0.920. The molecule has 1 aliphatic heterocycles. The van der Waals surface area contributed by atoms with Gasteiger partial charge in [-0.05, 0) is 41.3 Å². The Hall–Kier alpha value is -2.05. The normalized spacial score (nSPS) is 14.7. The summed E-state index contributed by atoms with van der Waals surface area (Å²) in [5.41, 5.74) is 2.07. The summed E-state index contributed by atoms with van der Waals surface area (Å²) in [6.07, 6.45) is 0. The van der Waals surface area contributed by atoms with Gasteiger partial charge in [-0.2, -0.15) is 0 Å². The Morgan fingerprint density at radius 1 is 1.00 bits per heavy atom. The van der Waals surface area contributed by atoms with E-state index in [4.69, 9.17) is 27.9 Å². The van der Waals surface area contributed by atoms with Gasteiger partial charge in [0, 0.05) is 48.3 Å². The minimum atomic E-state index is 0.0927. The minimum absolute atomic E-state index is 0.0927. The quantitative estimate of drug-likeness (QED) is 0.480. The molecule has 0 bridgehead atoms. The number of amides is 1. The maximum atomic E-state index is 12.9. The zero-order chi connectivity index (χ0) is 20.9. The molecule has 30 heavy (non-hydrogen) atoms. The molecule has 1 aliphatic rings.